The normalized spacial score (nSPS) is 12.7. The Morgan fingerprint density at radius 1 is 1.00 bits per heavy atom. The number of rotatable bonds is 9. The van der Waals surface area contributed by atoms with Crippen LogP contribution in [0.15, 0.2) is 65.6 Å². The Bertz CT molecular complexity index is 1320. The van der Waals surface area contributed by atoms with E-state index in [1.54, 1.807) is 24.3 Å². The molecule has 1 aliphatic heterocycles. The largest absolute Gasteiger partial charge is 0.496 e. The Hall–Kier alpha value is -3.43. The highest BCUT2D eigenvalue weighted by Crippen LogP contribution is 2.35. The lowest BCUT2D eigenvalue weighted by molar-refractivity contribution is -0.123. The van der Waals surface area contributed by atoms with Crippen molar-refractivity contribution in [2.75, 3.05) is 31.7 Å². The molecule has 8 nitrogen and oxygen atoms in total. The summed E-state index contributed by atoms with van der Waals surface area (Å²) in [5.74, 6) is 0.994. The third-order valence-electron chi connectivity index (χ3n) is 5.69. The number of hydrogen-bond acceptors (Lipinski definition) is 6. The predicted octanol–water partition coefficient (Wildman–Crippen LogP) is 3.80. The Labute approximate surface area is 209 Å². The van der Waals surface area contributed by atoms with Crippen molar-refractivity contribution in [2.24, 2.45) is 0 Å². The second-order valence-corrected chi connectivity index (χ2v) is 10.0. The standard InChI is InChI=1S/C25H25ClN2O6S/c1-32-22-8-5-9-23(33-2)19(22)15-27-25(29)16-34-24-11-10-18(14-20(24)26)35(30,31)28-13-12-17-6-3-4-7-21(17)28/h3-11,14H,12-13,15-16H2,1-2H3,(H,27,29). The van der Waals surface area contributed by atoms with E-state index in [2.05, 4.69) is 5.32 Å². The van der Waals surface area contributed by atoms with Crippen LogP contribution in [0.25, 0.3) is 0 Å². The number of benzene rings is 3. The molecule has 0 bridgehead atoms. The predicted molar refractivity (Wildman–Crippen MR) is 133 cm³/mol. The Balaban J connectivity index is 1.40. The number of fused-ring (bicyclic) bond motifs is 1. The van der Waals surface area contributed by atoms with Crippen molar-refractivity contribution < 1.29 is 27.4 Å². The van der Waals surface area contributed by atoms with Gasteiger partial charge in [0.15, 0.2) is 6.61 Å². The van der Waals surface area contributed by atoms with Crippen LogP contribution in [0.2, 0.25) is 5.02 Å². The molecule has 0 unspecified atom stereocenters. The second kappa shape index (κ2) is 10.5. The molecule has 3 aromatic carbocycles. The second-order valence-electron chi connectivity index (χ2n) is 7.75. The van der Waals surface area contributed by atoms with Crippen LogP contribution < -0.4 is 23.8 Å². The number of nitrogens with zero attached hydrogens (tertiary/aromatic N) is 1. The zero-order chi connectivity index (χ0) is 25.0. The van der Waals surface area contributed by atoms with Gasteiger partial charge in [-0.15, -0.1) is 0 Å². The number of halogens is 1. The average Bonchev–Trinajstić information content (AvgIpc) is 3.31. The molecule has 1 amide bonds. The van der Waals surface area contributed by atoms with Gasteiger partial charge in [-0.1, -0.05) is 35.9 Å². The fraction of sp³-hybridized carbons (Fsp3) is 0.240. The van der Waals surface area contributed by atoms with Crippen LogP contribution >= 0.6 is 11.6 Å². The zero-order valence-electron chi connectivity index (χ0n) is 19.3. The monoisotopic (exact) mass is 516 g/mol. The SMILES string of the molecule is COc1cccc(OC)c1CNC(=O)COc1ccc(S(=O)(=O)N2CCc3ccccc32)cc1Cl. The number of methoxy groups -OCH3 is 2. The van der Waals surface area contributed by atoms with Crippen molar-refractivity contribution in [3.63, 3.8) is 0 Å². The lowest BCUT2D eigenvalue weighted by Crippen LogP contribution is -2.29. The number of carbonyl (C=O) groups excluding carboxylic acids is 1. The minimum absolute atomic E-state index is 0.0549. The van der Waals surface area contributed by atoms with Gasteiger partial charge in [0.2, 0.25) is 0 Å². The molecule has 4 rings (SSSR count). The third-order valence-corrected chi connectivity index (χ3v) is 7.79. The van der Waals surface area contributed by atoms with E-state index >= 15 is 0 Å². The summed E-state index contributed by atoms with van der Waals surface area (Å²) in [5, 5.41) is 2.85. The molecule has 1 N–H and O–H groups in total. The maximum absolute atomic E-state index is 13.2. The van der Waals surface area contributed by atoms with Gasteiger partial charge >= 0.3 is 0 Å². The summed E-state index contributed by atoms with van der Waals surface area (Å²) in [5.41, 5.74) is 2.35. The molecule has 10 heteroatoms. The number of ether oxygens (including phenoxy) is 3. The molecular weight excluding hydrogens is 492 g/mol. The van der Waals surface area contributed by atoms with Gasteiger partial charge in [0.25, 0.3) is 15.9 Å². The molecule has 1 aliphatic rings. The topological polar surface area (TPSA) is 94.2 Å². The van der Waals surface area contributed by atoms with E-state index in [9.17, 15) is 13.2 Å². The van der Waals surface area contributed by atoms with Gasteiger partial charge in [0, 0.05) is 6.54 Å². The Kier molecular flexibility index (Phi) is 7.37. The zero-order valence-corrected chi connectivity index (χ0v) is 20.9. The molecule has 0 saturated heterocycles. The van der Waals surface area contributed by atoms with Gasteiger partial charge in [-0.25, -0.2) is 8.42 Å². The van der Waals surface area contributed by atoms with Crippen LogP contribution in [-0.4, -0.2) is 41.7 Å². The van der Waals surface area contributed by atoms with Crippen LogP contribution in [0.5, 0.6) is 17.2 Å². The van der Waals surface area contributed by atoms with Crippen LogP contribution in [0, 0.1) is 0 Å². The highest BCUT2D eigenvalue weighted by Gasteiger charge is 2.31. The first-order chi connectivity index (χ1) is 16.8. The van der Waals surface area contributed by atoms with E-state index in [1.165, 1.54) is 36.7 Å². The molecular formula is C25H25ClN2O6S. The van der Waals surface area contributed by atoms with E-state index < -0.39 is 10.0 Å². The van der Waals surface area contributed by atoms with E-state index in [0.29, 0.717) is 35.7 Å². The van der Waals surface area contributed by atoms with Gasteiger partial charge in [0.1, 0.15) is 17.2 Å². The molecule has 0 fully saturated rings. The van der Waals surface area contributed by atoms with Crippen molar-refractivity contribution in [3.8, 4) is 17.2 Å². The summed E-state index contributed by atoms with van der Waals surface area (Å²) in [6, 6.07) is 17.0. The number of amides is 1. The molecule has 184 valence electrons. The minimum atomic E-state index is -3.78. The van der Waals surface area contributed by atoms with E-state index in [0.717, 1.165) is 5.56 Å². The van der Waals surface area contributed by atoms with Crippen molar-refractivity contribution >= 4 is 33.2 Å². The molecule has 0 spiro atoms. The number of para-hydroxylation sites is 1. The third kappa shape index (κ3) is 5.16. The molecule has 35 heavy (non-hydrogen) atoms. The highest BCUT2D eigenvalue weighted by atomic mass is 35.5. The molecule has 0 aliphatic carbocycles. The number of carbonyl (C=O) groups is 1. The summed E-state index contributed by atoms with van der Waals surface area (Å²) in [6.07, 6.45) is 0.653. The number of anilines is 1. The van der Waals surface area contributed by atoms with Crippen LogP contribution in [0.1, 0.15) is 11.1 Å². The molecule has 1 heterocycles. The molecule has 0 atom stereocenters. The quantitative estimate of drug-likeness (QED) is 0.465. The van der Waals surface area contributed by atoms with E-state index in [1.807, 2.05) is 18.2 Å². The summed E-state index contributed by atoms with van der Waals surface area (Å²) < 4.78 is 44.0. The maximum Gasteiger partial charge on any atom is 0.264 e. The van der Waals surface area contributed by atoms with Gasteiger partial charge in [-0.05, 0) is 48.4 Å². The van der Waals surface area contributed by atoms with Crippen molar-refractivity contribution in [1.82, 2.24) is 5.32 Å². The summed E-state index contributed by atoms with van der Waals surface area (Å²) >= 11 is 6.31. The van der Waals surface area contributed by atoms with Gasteiger partial charge in [0.05, 0.1) is 41.9 Å². The lowest BCUT2D eigenvalue weighted by Gasteiger charge is -2.20. The van der Waals surface area contributed by atoms with E-state index in [-0.39, 0.29) is 34.7 Å². The fourth-order valence-corrected chi connectivity index (χ4v) is 5.76. The van der Waals surface area contributed by atoms with Crippen LogP contribution in [0.3, 0.4) is 0 Å². The minimum Gasteiger partial charge on any atom is -0.496 e. The van der Waals surface area contributed by atoms with Gasteiger partial charge < -0.3 is 19.5 Å². The first-order valence-corrected chi connectivity index (χ1v) is 12.7. The van der Waals surface area contributed by atoms with Crippen LogP contribution in [-0.2, 0) is 27.8 Å². The first kappa shape index (κ1) is 24.7. The van der Waals surface area contributed by atoms with Crippen LogP contribution in [0.4, 0.5) is 5.69 Å². The molecule has 0 saturated carbocycles. The molecule has 0 aromatic heterocycles. The van der Waals surface area contributed by atoms with Gasteiger partial charge in [-0.2, -0.15) is 0 Å². The number of nitrogens with one attached hydrogen (secondary N) is 1. The smallest absolute Gasteiger partial charge is 0.264 e. The molecule has 0 radical (unpaired) electrons. The molecule has 3 aromatic rings. The number of hydrogen-bond donors (Lipinski definition) is 1. The lowest BCUT2D eigenvalue weighted by atomic mass is 10.1. The Morgan fingerprint density at radius 3 is 2.40 bits per heavy atom. The van der Waals surface area contributed by atoms with Crippen molar-refractivity contribution in [1.29, 1.82) is 0 Å². The first-order valence-electron chi connectivity index (χ1n) is 10.8. The average molecular weight is 517 g/mol. The van der Waals surface area contributed by atoms with Gasteiger partial charge in [-0.3, -0.25) is 9.10 Å². The van der Waals surface area contributed by atoms with Crippen molar-refractivity contribution in [3.05, 3.63) is 76.8 Å². The summed E-state index contributed by atoms with van der Waals surface area (Å²) in [7, 11) is -0.706. The maximum atomic E-state index is 13.2. The summed E-state index contributed by atoms with van der Waals surface area (Å²) in [4.78, 5) is 12.4. The van der Waals surface area contributed by atoms with Crippen molar-refractivity contribution in [2.45, 2.75) is 17.9 Å². The number of sulfonamides is 1. The van der Waals surface area contributed by atoms with E-state index in [4.69, 9.17) is 25.8 Å². The summed E-state index contributed by atoms with van der Waals surface area (Å²) in [6.45, 7) is 0.245. The Morgan fingerprint density at radius 2 is 1.71 bits per heavy atom. The highest BCUT2D eigenvalue weighted by molar-refractivity contribution is 7.92. The fourth-order valence-electron chi connectivity index (χ4n) is 3.93.